The van der Waals surface area contributed by atoms with E-state index in [1.165, 1.54) is 19.4 Å². The van der Waals surface area contributed by atoms with Crippen LogP contribution in [0.25, 0.3) is 0 Å². The van der Waals surface area contributed by atoms with Gasteiger partial charge in [-0.25, -0.2) is 0 Å². The fraction of sp³-hybridized carbons (Fsp3) is 1.00. The molecule has 1 heterocycles. The summed E-state index contributed by atoms with van der Waals surface area (Å²) in [4.78, 5) is 2.40. The van der Waals surface area contributed by atoms with Crippen molar-refractivity contribution in [2.45, 2.75) is 38.3 Å². The number of aliphatic hydroxyl groups is 1. The van der Waals surface area contributed by atoms with Crippen LogP contribution in [0.2, 0.25) is 0 Å². The highest BCUT2D eigenvalue weighted by atomic mass is 16.5. The van der Waals surface area contributed by atoms with E-state index >= 15 is 0 Å². The molecule has 0 amide bonds. The first kappa shape index (κ1) is 14.9. The summed E-state index contributed by atoms with van der Waals surface area (Å²) in [7, 11) is 3.89. The summed E-state index contributed by atoms with van der Waals surface area (Å²) in [5.74, 6) is 0.699. The van der Waals surface area contributed by atoms with Crippen LogP contribution >= 0.6 is 0 Å². The Balaban J connectivity index is 2.32. The van der Waals surface area contributed by atoms with Gasteiger partial charge >= 0.3 is 0 Å². The Morgan fingerprint density at radius 2 is 2.29 bits per heavy atom. The molecule has 3 atom stereocenters. The van der Waals surface area contributed by atoms with Crippen LogP contribution in [-0.4, -0.2) is 62.6 Å². The highest BCUT2D eigenvalue weighted by Gasteiger charge is 2.24. The highest BCUT2D eigenvalue weighted by molar-refractivity contribution is 4.81. The summed E-state index contributed by atoms with van der Waals surface area (Å²) in [6, 6.07) is 0.629. The minimum atomic E-state index is 0.164. The molecular formula is C13H28N2O2. The molecule has 0 aromatic carbocycles. The van der Waals surface area contributed by atoms with Crippen LogP contribution in [0.4, 0.5) is 0 Å². The smallest absolute Gasteiger partial charge is 0.0585 e. The van der Waals surface area contributed by atoms with E-state index < -0.39 is 0 Å². The van der Waals surface area contributed by atoms with Gasteiger partial charge in [0.15, 0.2) is 0 Å². The van der Waals surface area contributed by atoms with Crippen molar-refractivity contribution in [3.63, 3.8) is 0 Å². The molecule has 0 aromatic rings. The predicted octanol–water partition coefficient (Wildman–Crippen LogP) is 0.704. The third-order valence-electron chi connectivity index (χ3n) is 3.76. The Hall–Kier alpha value is -0.160. The molecule has 1 saturated heterocycles. The van der Waals surface area contributed by atoms with Crippen molar-refractivity contribution in [1.82, 2.24) is 10.2 Å². The van der Waals surface area contributed by atoms with E-state index in [4.69, 9.17) is 4.74 Å². The number of nitrogens with zero attached hydrogens (tertiary/aromatic N) is 1. The number of likely N-dealkylation sites (tertiary alicyclic amines) is 1. The number of methoxy groups -OCH3 is 1. The molecule has 0 radical (unpaired) electrons. The van der Waals surface area contributed by atoms with Crippen LogP contribution < -0.4 is 5.32 Å². The van der Waals surface area contributed by atoms with Gasteiger partial charge in [-0.3, -0.25) is 0 Å². The van der Waals surface area contributed by atoms with Gasteiger partial charge in [0.2, 0.25) is 0 Å². The molecule has 0 bridgehead atoms. The van der Waals surface area contributed by atoms with Gasteiger partial charge in [0.05, 0.1) is 6.61 Å². The van der Waals surface area contributed by atoms with Crippen molar-refractivity contribution in [3.8, 4) is 0 Å². The molecule has 17 heavy (non-hydrogen) atoms. The minimum Gasteiger partial charge on any atom is -0.395 e. The van der Waals surface area contributed by atoms with Gasteiger partial charge in [-0.05, 0) is 45.7 Å². The van der Waals surface area contributed by atoms with Crippen LogP contribution in [0, 0.1) is 5.92 Å². The van der Waals surface area contributed by atoms with Crippen molar-refractivity contribution >= 4 is 0 Å². The fourth-order valence-electron chi connectivity index (χ4n) is 2.61. The summed E-state index contributed by atoms with van der Waals surface area (Å²) < 4.78 is 5.06. The van der Waals surface area contributed by atoms with E-state index in [-0.39, 0.29) is 12.6 Å². The molecule has 0 saturated carbocycles. The van der Waals surface area contributed by atoms with E-state index in [2.05, 4.69) is 24.2 Å². The van der Waals surface area contributed by atoms with Crippen molar-refractivity contribution in [3.05, 3.63) is 0 Å². The zero-order valence-corrected chi connectivity index (χ0v) is 11.5. The third-order valence-corrected chi connectivity index (χ3v) is 3.76. The van der Waals surface area contributed by atoms with Crippen LogP contribution in [0.5, 0.6) is 0 Å². The quantitative estimate of drug-likeness (QED) is 0.692. The molecule has 1 rings (SSSR count). The molecule has 1 aliphatic heterocycles. The van der Waals surface area contributed by atoms with Gasteiger partial charge in [0.25, 0.3) is 0 Å². The standard InChI is InChI=1S/C13H28N2O2/c1-11(12-5-4-7-15(2)9-12)14-13(10-16)6-8-17-3/h11-14,16H,4-10H2,1-3H3. The van der Waals surface area contributed by atoms with E-state index in [0.717, 1.165) is 13.0 Å². The molecule has 102 valence electrons. The van der Waals surface area contributed by atoms with Crippen LogP contribution in [0.3, 0.4) is 0 Å². The first-order valence-corrected chi connectivity index (χ1v) is 6.71. The summed E-state index contributed by atoms with van der Waals surface area (Å²) in [5, 5.41) is 12.9. The molecule has 0 aliphatic carbocycles. The van der Waals surface area contributed by atoms with Gasteiger partial charge in [0.1, 0.15) is 0 Å². The Kier molecular flexibility index (Phi) is 7.04. The number of ether oxygens (including phenoxy) is 1. The molecule has 1 fully saturated rings. The fourth-order valence-corrected chi connectivity index (χ4v) is 2.61. The predicted molar refractivity (Wildman–Crippen MR) is 70.2 cm³/mol. The molecule has 2 N–H and O–H groups in total. The second-order valence-corrected chi connectivity index (χ2v) is 5.28. The van der Waals surface area contributed by atoms with Gasteiger partial charge in [-0.1, -0.05) is 0 Å². The summed E-state index contributed by atoms with van der Waals surface area (Å²) in [6.07, 6.45) is 3.45. The normalized spacial score (nSPS) is 25.8. The lowest BCUT2D eigenvalue weighted by atomic mass is 9.91. The van der Waals surface area contributed by atoms with Crippen LogP contribution in [-0.2, 0) is 4.74 Å². The molecule has 3 unspecified atom stereocenters. The maximum Gasteiger partial charge on any atom is 0.0585 e. The molecular weight excluding hydrogens is 216 g/mol. The Morgan fingerprint density at radius 1 is 1.53 bits per heavy atom. The third kappa shape index (κ3) is 5.34. The van der Waals surface area contributed by atoms with Crippen molar-refractivity contribution in [1.29, 1.82) is 0 Å². The van der Waals surface area contributed by atoms with Gasteiger partial charge in [-0.15, -0.1) is 0 Å². The van der Waals surface area contributed by atoms with Gasteiger partial charge in [0, 0.05) is 32.3 Å². The van der Waals surface area contributed by atoms with Gasteiger partial charge in [-0.2, -0.15) is 0 Å². The first-order chi connectivity index (χ1) is 8.17. The first-order valence-electron chi connectivity index (χ1n) is 6.71. The molecule has 0 aromatic heterocycles. The summed E-state index contributed by atoms with van der Waals surface area (Å²) in [6.45, 7) is 5.51. The zero-order valence-electron chi connectivity index (χ0n) is 11.5. The number of rotatable bonds is 7. The Morgan fingerprint density at radius 3 is 2.88 bits per heavy atom. The van der Waals surface area contributed by atoms with E-state index in [9.17, 15) is 5.11 Å². The average Bonchev–Trinajstić information content (AvgIpc) is 2.34. The number of hydrogen-bond acceptors (Lipinski definition) is 4. The second kappa shape index (κ2) is 8.03. The maximum atomic E-state index is 9.32. The van der Waals surface area contributed by atoms with E-state index in [1.54, 1.807) is 7.11 Å². The monoisotopic (exact) mass is 244 g/mol. The Labute approximate surface area is 105 Å². The minimum absolute atomic E-state index is 0.164. The number of aliphatic hydroxyl groups excluding tert-OH is 1. The summed E-state index contributed by atoms with van der Waals surface area (Å²) >= 11 is 0. The maximum absolute atomic E-state index is 9.32. The van der Waals surface area contributed by atoms with Crippen LogP contribution in [0.15, 0.2) is 0 Å². The SMILES string of the molecule is COCCC(CO)NC(C)C1CCCN(C)C1. The lowest BCUT2D eigenvalue weighted by molar-refractivity contribution is 0.134. The molecule has 0 spiro atoms. The average molecular weight is 244 g/mol. The van der Waals surface area contributed by atoms with Crippen molar-refractivity contribution < 1.29 is 9.84 Å². The van der Waals surface area contributed by atoms with Gasteiger partial charge < -0.3 is 20.1 Å². The number of hydrogen-bond donors (Lipinski definition) is 2. The highest BCUT2D eigenvalue weighted by Crippen LogP contribution is 2.19. The largest absolute Gasteiger partial charge is 0.395 e. The topological polar surface area (TPSA) is 44.7 Å². The number of nitrogens with one attached hydrogen (secondary N) is 1. The zero-order chi connectivity index (χ0) is 12.7. The van der Waals surface area contributed by atoms with E-state index in [0.29, 0.717) is 18.6 Å². The second-order valence-electron chi connectivity index (χ2n) is 5.28. The molecule has 1 aliphatic rings. The van der Waals surface area contributed by atoms with Crippen LogP contribution in [0.1, 0.15) is 26.2 Å². The lowest BCUT2D eigenvalue weighted by Gasteiger charge is -2.35. The summed E-state index contributed by atoms with van der Waals surface area (Å²) in [5.41, 5.74) is 0. The van der Waals surface area contributed by atoms with Crippen molar-refractivity contribution in [2.24, 2.45) is 5.92 Å². The van der Waals surface area contributed by atoms with Crippen molar-refractivity contribution in [2.75, 3.05) is 40.5 Å². The molecule has 4 nitrogen and oxygen atoms in total. The number of piperidine rings is 1. The lowest BCUT2D eigenvalue weighted by Crippen LogP contribution is -2.48. The Bertz CT molecular complexity index is 202. The van der Waals surface area contributed by atoms with E-state index in [1.807, 2.05) is 0 Å². The molecule has 4 heteroatoms.